The van der Waals surface area contributed by atoms with Crippen LogP contribution in [0.25, 0.3) is 22.3 Å². The average Bonchev–Trinajstić information content (AvgIpc) is 2.76. The van der Waals surface area contributed by atoms with Gasteiger partial charge < -0.3 is 14.3 Å². The standard InChI is InChI=1S/C23H23NO5/c1-14-20(25)18-8-5-9-19(23(26)27)22(18)29-21(14)17-7-4-3-6-16(17)15(2)24-10-12-28-13-11-24/h3-9,15H,10-13H2,1-2H3,(H,26,27). The van der Waals surface area contributed by atoms with Crippen molar-refractivity contribution >= 4 is 16.9 Å². The van der Waals surface area contributed by atoms with Gasteiger partial charge in [-0.25, -0.2) is 4.79 Å². The lowest BCUT2D eigenvalue weighted by Crippen LogP contribution is -2.38. The number of benzene rings is 2. The third kappa shape index (κ3) is 3.45. The lowest BCUT2D eigenvalue weighted by molar-refractivity contribution is 0.0199. The molecule has 0 amide bonds. The van der Waals surface area contributed by atoms with Crippen LogP contribution >= 0.6 is 0 Å². The van der Waals surface area contributed by atoms with Gasteiger partial charge in [0.2, 0.25) is 0 Å². The molecule has 6 heteroatoms. The first-order valence-corrected chi connectivity index (χ1v) is 9.70. The van der Waals surface area contributed by atoms with Crippen molar-refractivity contribution in [2.75, 3.05) is 26.3 Å². The molecule has 1 aromatic heterocycles. The van der Waals surface area contributed by atoms with E-state index >= 15 is 0 Å². The maximum absolute atomic E-state index is 13.0. The van der Waals surface area contributed by atoms with Gasteiger partial charge in [0.15, 0.2) is 11.0 Å². The highest BCUT2D eigenvalue weighted by Crippen LogP contribution is 2.34. The summed E-state index contributed by atoms with van der Waals surface area (Å²) in [7, 11) is 0. The number of rotatable bonds is 4. The highest BCUT2D eigenvalue weighted by atomic mass is 16.5. The summed E-state index contributed by atoms with van der Waals surface area (Å²) in [5.74, 6) is -0.699. The number of carboxylic acid groups (broad SMARTS) is 1. The van der Waals surface area contributed by atoms with Crippen molar-refractivity contribution in [3.05, 3.63) is 69.4 Å². The Kier molecular flexibility index (Phi) is 5.22. The Balaban J connectivity index is 1.92. The number of fused-ring (bicyclic) bond motifs is 1. The quantitative estimate of drug-likeness (QED) is 0.725. The molecule has 1 fully saturated rings. The molecule has 0 radical (unpaired) electrons. The lowest BCUT2D eigenvalue weighted by Gasteiger charge is -2.33. The van der Waals surface area contributed by atoms with Crippen LogP contribution in [0.1, 0.15) is 34.5 Å². The maximum Gasteiger partial charge on any atom is 0.339 e. The van der Waals surface area contributed by atoms with Gasteiger partial charge in [-0.3, -0.25) is 9.69 Å². The third-order valence-corrected chi connectivity index (χ3v) is 5.62. The molecule has 29 heavy (non-hydrogen) atoms. The van der Waals surface area contributed by atoms with Crippen molar-refractivity contribution in [2.24, 2.45) is 0 Å². The maximum atomic E-state index is 13.0. The molecule has 1 aliphatic heterocycles. The number of nitrogens with zero attached hydrogens (tertiary/aromatic N) is 1. The largest absolute Gasteiger partial charge is 0.478 e. The smallest absolute Gasteiger partial charge is 0.339 e. The van der Waals surface area contributed by atoms with E-state index in [1.165, 1.54) is 6.07 Å². The molecule has 1 saturated heterocycles. The molecule has 150 valence electrons. The number of carboxylic acids is 1. The number of carbonyl (C=O) groups is 1. The molecule has 1 atom stereocenters. The van der Waals surface area contributed by atoms with E-state index in [0.717, 1.165) is 24.2 Å². The summed E-state index contributed by atoms with van der Waals surface area (Å²) < 4.78 is 11.6. The van der Waals surface area contributed by atoms with E-state index in [2.05, 4.69) is 11.8 Å². The number of hydrogen-bond acceptors (Lipinski definition) is 5. The summed E-state index contributed by atoms with van der Waals surface area (Å²) in [6, 6.07) is 12.5. The molecule has 0 aliphatic carbocycles. The Morgan fingerprint density at radius 1 is 1.10 bits per heavy atom. The Morgan fingerprint density at radius 3 is 2.55 bits per heavy atom. The Hall–Kier alpha value is -2.96. The van der Waals surface area contributed by atoms with Crippen LogP contribution in [0.3, 0.4) is 0 Å². The molecule has 0 saturated carbocycles. The molecule has 2 heterocycles. The summed E-state index contributed by atoms with van der Waals surface area (Å²) in [5, 5.41) is 9.82. The molecule has 0 bridgehead atoms. The van der Waals surface area contributed by atoms with E-state index in [1.54, 1.807) is 19.1 Å². The number of aromatic carboxylic acids is 1. The van der Waals surface area contributed by atoms with Crippen LogP contribution in [0.5, 0.6) is 0 Å². The van der Waals surface area contributed by atoms with Crippen molar-refractivity contribution < 1.29 is 19.1 Å². The van der Waals surface area contributed by atoms with Gasteiger partial charge in [0, 0.05) is 30.3 Å². The van der Waals surface area contributed by atoms with Crippen LogP contribution in [-0.2, 0) is 4.74 Å². The van der Waals surface area contributed by atoms with E-state index in [0.29, 0.717) is 24.5 Å². The summed E-state index contributed by atoms with van der Waals surface area (Å²) in [6.45, 7) is 6.90. The van der Waals surface area contributed by atoms with Gasteiger partial charge in [0.05, 0.1) is 18.6 Å². The topological polar surface area (TPSA) is 80.0 Å². The van der Waals surface area contributed by atoms with E-state index < -0.39 is 5.97 Å². The third-order valence-electron chi connectivity index (χ3n) is 5.62. The summed E-state index contributed by atoms with van der Waals surface area (Å²) in [5.41, 5.74) is 2.20. The molecule has 1 aliphatic rings. The van der Waals surface area contributed by atoms with Gasteiger partial charge in [-0.2, -0.15) is 0 Å². The summed E-state index contributed by atoms with van der Waals surface area (Å²) in [4.78, 5) is 27.0. The first-order chi connectivity index (χ1) is 14.0. The average molecular weight is 393 g/mol. The van der Waals surface area contributed by atoms with Crippen LogP contribution < -0.4 is 5.43 Å². The molecule has 1 N–H and O–H groups in total. The van der Waals surface area contributed by atoms with Crippen molar-refractivity contribution in [2.45, 2.75) is 19.9 Å². The Bertz CT molecular complexity index is 1130. The van der Waals surface area contributed by atoms with Gasteiger partial charge in [-0.15, -0.1) is 0 Å². The van der Waals surface area contributed by atoms with Gasteiger partial charge >= 0.3 is 5.97 Å². The first-order valence-electron chi connectivity index (χ1n) is 9.70. The zero-order chi connectivity index (χ0) is 20.5. The minimum Gasteiger partial charge on any atom is -0.478 e. The normalized spacial score (nSPS) is 16.1. The van der Waals surface area contributed by atoms with E-state index in [4.69, 9.17) is 9.15 Å². The van der Waals surface area contributed by atoms with Crippen LogP contribution in [-0.4, -0.2) is 42.3 Å². The van der Waals surface area contributed by atoms with Gasteiger partial charge in [-0.1, -0.05) is 30.3 Å². The molecule has 2 aromatic carbocycles. The van der Waals surface area contributed by atoms with Crippen molar-refractivity contribution in [3.8, 4) is 11.3 Å². The molecule has 4 rings (SSSR count). The summed E-state index contributed by atoms with van der Waals surface area (Å²) in [6.07, 6.45) is 0. The zero-order valence-corrected chi connectivity index (χ0v) is 16.5. The number of hydrogen-bond donors (Lipinski definition) is 1. The predicted molar refractivity (Wildman–Crippen MR) is 110 cm³/mol. The van der Waals surface area contributed by atoms with Crippen LogP contribution in [0.4, 0.5) is 0 Å². The fraction of sp³-hybridized carbons (Fsp3) is 0.304. The van der Waals surface area contributed by atoms with Crippen molar-refractivity contribution in [1.29, 1.82) is 0 Å². The fourth-order valence-corrected chi connectivity index (χ4v) is 3.96. The predicted octanol–water partition coefficient (Wildman–Crippen LogP) is 3.86. The number of morpholine rings is 1. The molecular formula is C23H23NO5. The molecular weight excluding hydrogens is 370 g/mol. The van der Waals surface area contributed by atoms with E-state index in [9.17, 15) is 14.7 Å². The second-order valence-corrected chi connectivity index (χ2v) is 7.28. The lowest BCUT2D eigenvalue weighted by atomic mass is 9.95. The van der Waals surface area contributed by atoms with E-state index in [-0.39, 0.29) is 28.0 Å². The SMILES string of the molecule is Cc1c(-c2ccccc2C(C)N2CCOCC2)oc2c(C(=O)O)cccc2c1=O. The molecule has 6 nitrogen and oxygen atoms in total. The second kappa shape index (κ2) is 7.81. The van der Waals surface area contributed by atoms with Crippen LogP contribution in [0.2, 0.25) is 0 Å². The molecule has 0 spiro atoms. The highest BCUT2D eigenvalue weighted by molar-refractivity contribution is 6.01. The Morgan fingerprint density at radius 2 is 1.83 bits per heavy atom. The van der Waals surface area contributed by atoms with Gasteiger partial charge in [-0.05, 0) is 31.5 Å². The van der Waals surface area contributed by atoms with Crippen LogP contribution in [0.15, 0.2) is 51.7 Å². The second-order valence-electron chi connectivity index (χ2n) is 7.28. The number of para-hydroxylation sites is 1. The zero-order valence-electron chi connectivity index (χ0n) is 16.5. The fourth-order valence-electron chi connectivity index (χ4n) is 3.96. The molecule has 3 aromatic rings. The molecule has 1 unspecified atom stereocenters. The minimum atomic E-state index is -1.12. The minimum absolute atomic E-state index is 0.0143. The summed E-state index contributed by atoms with van der Waals surface area (Å²) >= 11 is 0. The Labute approximate surface area is 168 Å². The van der Waals surface area contributed by atoms with Crippen molar-refractivity contribution in [3.63, 3.8) is 0 Å². The van der Waals surface area contributed by atoms with Gasteiger partial charge in [0.25, 0.3) is 0 Å². The van der Waals surface area contributed by atoms with Crippen molar-refractivity contribution in [1.82, 2.24) is 4.90 Å². The number of ether oxygens (including phenoxy) is 1. The highest BCUT2D eigenvalue weighted by Gasteiger charge is 2.24. The van der Waals surface area contributed by atoms with Gasteiger partial charge in [0.1, 0.15) is 11.3 Å². The monoisotopic (exact) mass is 393 g/mol. The first kappa shape index (κ1) is 19.4. The van der Waals surface area contributed by atoms with Crippen LogP contribution in [0, 0.1) is 6.92 Å². The van der Waals surface area contributed by atoms with E-state index in [1.807, 2.05) is 24.3 Å².